The molecule has 2 nitrogen and oxygen atoms in total. The van der Waals surface area contributed by atoms with Crippen molar-refractivity contribution < 1.29 is 0 Å². The van der Waals surface area contributed by atoms with Crippen LogP contribution in [0.5, 0.6) is 0 Å². The Morgan fingerprint density at radius 1 is 1.13 bits per heavy atom. The van der Waals surface area contributed by atoms with Gasteiger partial charge in [0.25, 0.3) is 0 Å². The lowest BCUT2D eigenvalue weighted by Gasteiger charge is -2.17. The van der Waals surface area contributed by atoms with E-state index in [0.717, 1.165) is 18.5 Å². The molecule has 0 aromatic carbocycles. The van der Waals surface area contributed by atoms with Crippen LogP contribution in [0.25, 0.3) is 0 Å². The maximum absolute atomic E-state index is 4.37. The Morgan fingerprint density at radius 3 is 2.40 bits per heavy atom. The van der Waals surface area contributed by atoms with Gasteiger partial charge in [-0.25, -0.2) is 0 Å². The topological polar surface area (TPSA) is 25.8 Å². The highest BCUT2D eigenvalue weighted by atomic mass is 15.1. The van der Waals surface area contributed by atoms with Crippen LogP contribution in [0.15, 0.2) is 6.07 Å². The summed E-state index contributed by atoms with van der Waals surface area (Å²) in [5.74, 6) is 0. The number of nitrogens with zero attached hydrogens (tertiary/aromatic N) is 2. The van der Waals surface area contributed by atoms with E-state index < -0.39 is 0 Å². The molecule has 1 heterocycles. The van der Waals surface area contributed by atoms with Crippen molar-refractivity contribution in [2.24, 2.45) is 5.41 Å². The smallest absolute Gasteiger partial charge is 0.0687 e. The lowest BCUT2D eigenvalue weighted by Crippen LogP contribution is -2.15. The monoisotopic (exact) mass is 204 g/mol. The molecular formula is C13H20N2. The highest BCUT2D eigenvalue weighted by Crippen LogP contribution is 2.35. The molecule has 0 amide bonds. The molecule has 2 rings (SSSR count). The van der Waals surface area contributed by atoms with Crippen LogP contribution >= 0.6 is 0 Å². The quantitative estimate of drug-likeness (QED) is 0.649. The van der Waals surface area contributed by atoms with Crippen LogP contribution in [-0.2, 0) is 18.3 Å². The molecule has 1 aromatic heterocycles. The second-order valence-electron chi connectivity index (χ2n) is 6.47. The minimum absolute atomic E-state index is 0.106. The zero-order valence-electron chi connectivity index (χ0n) is 10.4. The van der Waals surface area contributed by atoms with Crippen molar-refractivity contribution in [2.75, 3.05) is 0 Å². The fraction of sp³-hybridized carbons (Fsp3) is 0.692. The van der Waals surface area contributed by atoms with Crippen LogP contribution in [0.2, 0.25) is 0 Å². The second kappa shape index (κ2) is 3.03. The highest BCUT2D eigenvalue weighted by molar-refractivity contribution is 5.30. The van der Waals surface area contributed by atoms with Gasteiger partial charge in [-0.15, -0.1) is 0 Å². The Bertz CT molecular complexity index is 386. The standard InChI is InChI=1S/C13H20N2/c1-12(2,3)11-6-9-7-13(4,5)8-10(9)14-15-11/h6H,7-8H2,1-5H3. The van der Waals surface area contributed by atoms with E-state index >= 15 is 0 Å². The van der Waals surface area contributed by atoms with Crippen molar-refractivity contribution in [3.8, 4) is 0 Å². The second-order valence-corrected chi connectivity index (χ2v) is 6.47. The number of hydrogen-bond donors (Lipinski definition) is 0. The summed E-state index contributed by atoms with van der Waals surface area (Å²) in [6, 6.07) is 2.25. The SMILES string of the molecule is CC1(C)Cc2cc(C(C)(C)C)nnc2C1. The molecule has 0 N–H and O–H groups in total. The lowest BCUT2D eigenvalue weighted by atomic mass is 9.89. The number of fused-ring (bicyclic) bond motifs is 1. The Morgan fingerprint density at radius 2 is 1.80 bits per heavy atom. The van der Waals surface area contributed by atoms with Crippen molar-refractivity contribution in [1.82, 2.24) is 10.2 Å². The van der Waals surface area contributed by atoms with Gasteiger partial charge in [-0.1, -0.05) is 34.6 Å². The van der Waals surface area contributed by atoms with E-state index in [1.807, 2.05) is 0 Å². The maximum Gasteiger partial charge on any atom is 0.0687 e. The largest absolute Gasteiger partial charge is 0.155 e. The molecule has 0 unspecified atom stereocenters. The highest BCUT2D eigenvalue weighted by Gasteiger charge is 2.31. The van der Waals surface area contributed by atoms with Crippen LogP contribution in [0.3, 0.4) is 0 Å². The first-order valence-electron chi connectivity index (χ1n) is 5.64. The Labute approximate surface area is 92.1 Å². The molecule has 0 spiro atoms. The molecule has 0 aliphatic heterocycles. The summed E-state index contributed by atoms with van der Waals surface area (Å²) < 4.78 is 0. The van der Waals surface area contributed by atoms with E-state index in [0.29, 0.717) is 5.41 Å². The third-order valence-electron chi connectivity index (χ3n) is 3.04. The minimum atomic E-state index is 0.106. The zero-order chi connectivity index (χ0) is 11.3. The molecule has 2 heteroatoms. The Balaban J connectivity index is 2.39. The van der Waals surface area contributed by atoms with Gasteiger partial charge in [0.1, 0.15) is 0 Å². The number of hydrogen-bond acceptors (Lipinski definition) is 2. The van der Waals surface area contributed by atoms with E-state index in [9.17, 15) is 0 Å². The summed E-state index contributed by atoms with van der Waals surface area (Å²) in [4.78, 5) is 0. The Hall–Kier alpha value is -0.920. The summed E-state index contributed by atoms with van der Waals surface area (Å²) in [5, 5.41) is 8.71. The van der Waals surface area contributed by atoms with Gasteiger partial charge in [-0.3, -0.25) is 0 Å². The van der Waals surface area contributed by atoms with E-state index in [1.54, 1.807) is 0 Å². The first-order chi connectivity index (χ1) is 6.78. The maximum atomic E-state index is 4.37. The molecule has 0 saturated heterocycles. The van der Waals surface area contributed by atoms with Gasteiger partial charge in [0.2, 0.25) is 0 Å². The fourth-order valence-electron chi connectivity index (χ4n) is 2.16. The first kappa shape index (κ1) is 10.6. The van der Waals surface area contributed by atoms with Gasteiger partial charge in [-0.05, 0) is 29.9 Å². The predicted molar refractivity (Wildman–Crippen MR) is 61.9 cm³/mol. The molecule has 1 aliphatic rings. The normalized spacial score (nSPS) is 19.0. The molecule has 0 fully saturated rings. The molecule has 0 bridgehead atoms. The predicted octanol–water partition coefficient (Wildman–Crippen LogP) is 2.90. The van der Waals surface area contributed by atoms with Crippen molar-refractivity contribution in [3.63, 3.8) is 0 Å². The summed E-state index contributed by atoms with van der Waals surface area (Å²) in [7, 11) is 0. The molecule has 0 atom stereocenters. The minimum Gasteiger partial charge on any atom is -0.155 e. The van der Waals surface area contributed by atoms with E-state index in [-0.39, 0.29) is 5.41 Å². The average molecular weight is 204 g/mol. The third kappa shape index (κ3) is 2.04. The van der Waals surface area contributed by atoms with Crippen LogP contribution in [0.4, 0.5) is 0 Å². The number of rotatable bonds is 0. The zero-order valence-corrected chi connectivity index (χ0v) is 10.4. The van der Waals surface area contributed by atoms with Gasteiger partial charge >= 0.3 is 0 Å². The van der Waals surface area contributed by atoms with Gasteiger partial charge < -0.3 is 0 Å². The summed E-state index contributed by atoms with van der Waals surface area (Å²) in [6.07, 6.45) is 2.21. The van der Waals surface area contributed by atoms with Crippen molar-refractivity contribution >= 4 is 0 Å². The summed E-state index contributed by atoms with van der Waals surface area (Å²) in [5.41, 5.74) is 4.19. The van der Waals surface area contributed by atoms with Gasteiger partial charge in [0, 0.05) is 5.41 Å². The van der Waals surface area contributed by atoms with Crippen LogP contribution < -0.4 is 0 Å². The van der Waals surface area contributed by atoms with E-state index in [1.165, 1.54) is 11.3 Å². The third-order valence-corrected chi connectivity index (χ3v) is 3.04. The molecule has 82 valence electrons. The molecule has 15 heavy (non-hydrogen) atoms. The molecule has 0 saturated carbocycles. The number of aromatic nitrogens is 2. The van der Waals surface area contributed by atoms with Crippen LogP contribution in [-0.4, -0.2) is 10.2 Å². The lowest BCUT2D eigenvalue weighted by molar-refractivity contribution is 0.390. The summed E-state index contributed by atoms with van der Waals surface area (Å²) in [6.45, 7) is 11.1. The van der Waals surface area contributed by atoms with Crippen molar-refractivity contribution in [1.29, 1.82) is 0 Å². The molecule has 0 radical (unpaired) electrons. The van der Waals surface area contributed by atoms with Gasteiger partial charge in [0.05, 0.1) is 11.4 Å². The van der Waals surface area contributed by atoms with Crippen LogP contribution in [0, 0.1) is 5.41 Å². The molecule has 1 aromatic rings. The van der Waals surface area contributed by atoms with Gasteiger partial charge in [0.15, 0.2) is 0 Å². The first-order valence-corrected chi connectivity index (χ1v) is 5.64. The van der Waals surface area contributed by atoms with Crippen molar-refractivity contribution in [2.45, 2.75) is 52.9 Å². The van der Waals surface area contributed by atoms with E-state index in [2.05, 4.69) is 50.9 Å². The van der Waals surface area contributed by atoms with Crippen LogP contribution in [0.1, 0.15) is 51.6 Å². The average Bonchev–Trinajstić information content (AvgIpc) is 2.34. The van der Waals surface area contributed by atoms with Crippen molar-refractivity contribution in [3.05, 3.63) is 23.0 Å². The fourth-order valence-corrected chi connectivity index (χ4v) is 2.16. The van der Waals surface area contributed by atoms with E-state index in [4.69, 9.17) is 0 Å². The Kier molecular flexibility index (Phi) is 2.14. The molecular weight excluding hydrogens is 184 g/mol. The summed E-state index contributed by atoms with van der Waals surface area (Å²) >= 11 is 0. The molecule has 1 aliphatic carbocycles. The van der Waals surface area contributed by atoms with Gasteiger partial charge in [-0.2, -0.15) is 10.2 Å².